The van der Waals surface area contributed by atoms with Crippen LogP contribution in [-0.4, -0.2) is 87.5 Å². The molecule has 0 aromatic heterocycles. The number of allylic oxidation sites excluding steroid dienone is 15. The summed E-state index contributed by atoms with van der Waals surface area (Å²) in [4.78, 5) is 13.0. The fourth-order valence-corrected chi connectivity index (χ4v) is 8.93. The molecule has 1 heterocycles. The molecule has 0 aromatic rings. The number of nitrogens with one attached hydrogen (secondary N) is 1. The van der Waals surface area contributed by atoms with E-state index in [9.17, 15) is 30.3 Å². The van der Waals surface area contributed by atoms with Gasteiger partial charge < -0.3 is 40.3 Å². The van der Waals surface area contributed by atoms with E-state index in [0.29, 0.717) is 12.8 Å². The molecule has 7 atom stereocenters. The third-order valence-corrected chi connectivity index (χ3v) is 13.6. The number of hydrogen-bond donors (Lipinski definition) is 6. The molecule has 1 aliphatic rings. The van der Waals surface area contributed by atoms with Gasteiger partial charge in [0.2, 0.25) is 5.91 Å². The molecule has 1 amide bonds. The highest BCUT2D eigenvalue weighted by Gasteiger charge is 2.44. The monoisotopic (exact) mass is 1020 g/mol. The van der Waals surface area contributed by atoms with E-state index in [4.69, 9.17) is 9.47 Å². The van der Waals surface area contributed by atoms with Crippen molar-refractivity contribution in [2.75, 3.05) is 13.2 Å². The Hall–Kier alpha value is -2.89. The first-order chi connectivity index (χ1) is 35.8. The molecule has 1 fully saturated rings. The lowest BCUT2D eigenvalue weighted by atomic mass is 9.99. The van der Waals surface area contributed by atoms with Crippen molar-refractivity contribution in [1.82, 2.24) is 5.32 Å². The summed E-state index contributed by atoms with van der Waals surface area (Å²) < 4.78 is 11.2. The van der Waals surface area contributed by atoms with Crippen LogP contribution in [0.15, 0.2) is 97.2 Å². The molecular weight excluding hydrogens is 911 g/mol. The van der Waals surface area contributed by atoms with Gasteiger partial charge in [-0.05, 0) is 83.5 Å². The third kappa shape index (κ3) is 42.0. The van der Waals surface area contributed by atoms with E-state index < -0.39 is 49.5 Å². The Morgan fingerprint density at radius 2 is 0.863 bits per heavy atom. The molecule has 0 saturated carbocycles. The van der Waals surface area contributed by atoms with Crippen LogP contribution >= 0.6 is 0 Å². The molecule has 9 nitrogen and oxygen atoms in total. The fraction of sp³-hybridized carbons (Fsp3) is 0.734. The average molecular weight is 1020 g/mol. The van der Waals surface area contributed by atoms with E-state index in [2.05, 4.69) is 104 Å². The molecule has 7 unspecified atom stereocenters. The van der Waals surface area contributed by atoms with Crippen LogP contribution in [0.5, 0.6) is 0 Å². The van der Waals surface area contributed by atoms with Crippen LogP contribution in [0.1, 0.15) is 245 Å². The van der Waals surface area contributed by atoms with Crippen LogP contribution in [0.3, 0.4) is 0 Å². The zero-order valence-corrected chi connectivity index (χ0v) is 46.6. The first kappa shape index (κ1) is 68.1. The van der Waals surface area contributed by atoms with E-state index in [-0.39, 0.29) is 18.9 Å². The van der Waals surface area contributed by atoms with E-state index in [1.807, 2.05) is 6.08 Å². The molecule has 9 heteroatoms. The zero-order chi connectivity index (χ0) is 52.9. The van der Waals surface area contributed by atoms with Gasteiger partial charge in [0.15, 0.2) is 6.29 Å². The Labute approximate surface area is 447 Å². The molecule has 0 radical (unpaired) electrons. The van der Waals surface area contributed by atoms with Crippen molar-refractivity contribution in [1.29, 1.82) is 0 Å². The minimum atomic E-state index is -1.59. The fourth-order valence-electron chi connectivity index (χ4n) is 8.93. The van der Waals surface area contributed by atoms with Gasteiger partial charge in [0.25, 0.3) is 0 Å². The number of ether oxygens (including phenoxy) is 2. The maximum absolute atomic E-state index is 13.0. The van der Waals surface area contributed by atoms with Crippen LogP contribution in [-0.2, 0) is 14.3 Å². The van der Waals surface area contributed by atoms with Crippen LogP contribution in [0.4, 0.5) is 0 Å². The van der Waals surface area contributed by atoms with Crippen LogP contribution < -0.4 is 5.32 Å². The number of rotatable bonds is 50. The second-order valence-electron chi connectivity index (χ2n) is 20.4. The van der Waals surface area contributed by atoms with Crippen molar-refractivity contribution in [2.45, 2.75) is 288 Å². The largest absolute Gasteiger partial charge is 0.394 e. The Morgan fingerprint density at radius 1 is 0.479 bits per heavy atom. The molecule has 1 aliphatic heterocycles. The highest BCUT2D eigenvalue weighted by Crippen LogP contribution is 2.23. The lowest BCUT2D eigenvalue weighted by molar-refractivity contribution is -0.302. The first-order valence-electron chi connectivity index (χ1n) is 30.0. The SMILES string of the molecule is CC/C=C\C/C=C\C/C=C\C/C=C\C/C=C\CCCC(=O)NC(COC1OC(CO)C(O)C(O)C1O)C(O)/C=C/CC/C=C/CC/C=C/CCCCCCCCCCCCCCCCCCCCCCCCC. The Kier molecular flexibility index (Phi) is 49.0. The number of aliphatic hydroxyl groups excluding tert-OH is 5. The lowest BCUT2D eigenvalue weighted by Gasteiger charge is -2.40. The molecule has 6 N–H and O–H groups in total. The summed E-state index contributed by atoms with van der Waals surface area (Å²) in [6.07, 6.45) is 69.4. The van der Waals surface area contributed by atoms with Crippen molar-refractivity contribution in [3.8, 4) is 0 Å². The van der Waals surface area contributed by atoms with Crippen molar-refractivity contribution in [3.63, 3.8) is 0 Å². The Morgan fingerprint density at radius 3 is 1.32 bits per heavy atom. The molecule has 1 saturated heterocycles. The quantitative estimate of drug-likeness (QED) is 0.0261. The number of unbranched alkanes of at least 4 members (excludes halogenated alkanes) is 26. The molecule has 420 valence electrons. The minimum absolute atomic E-state index is 0.234. The van der Waals surface area contributed by atoms with E-state index in [1.165, 1.54) is 148 Å². The highest BCUT2D eigenvalue weighted by molar-refractivity contribution is 5.76. The summed E-state index contributed by atoms with van der Waals surface area (Å²) >= 11 is 0. The smallest absolute Gasteiger partial charge is 0.220 e. The number of carbonyl (C=O) groups is 1. The minimum Gasteiger partial charge on any atom is -0.394 e. The summed E-state index contributed by atoms with van der Waals surface area (Å²) in [6, 6.07) is -0.865. The standard InChI is InChI=1S/C64H111NO8/c1-3-5-7-9-11-13-15-17-19-21-22-23-24-25-26-27-28-29-30-31-32-33-34-35-36-38-39-41-43-45-47-49-51-53-58(67)57(56-72-64-63(71)62(70)61(69)59(55-66)73-64)65-60(68)54-52-50-48-46-44-42-40-37-20-18-16-14-12-10-8-6-4-2/h6,8,12,14,18,20,36,38,40,42-43,45-46,48,51,53,57-59,61-64,66-67,69-71H,3-5,7,9-11,13,15-17,19,21-35,37,39,41,44,47,49-50,52,54-56H2,1-2H3,(H,65,68)/b8-6-,14-12-,20-18-,38-36+,42-40-,45-43+,48-46-,53-51+. The molecular formula is C64H111NO8. The lowest BCUT2D eigenvalue weighted by Crippen LogP contribution is -2.60. The topological polar surface area (TPSA) is 149 Å². The summed E-state index contributed by atoms with van der Waals surface area (Å²) in [7, 11) is 0. The number of amides is 1. The Balaban J connectivity index is 2.23. The number of hydrogen-bond acceptors (Lipinski definition) is 8. The predicted octanol–water partition coefficient (Wildman–Crippen LogP) is 15.2. The van der Waals surface area contributed by atoms with Crippen molar-refractivity contribution in [3.05, 3.63) is 97.2 Å². The molecule has 0 aromatic carbocycles. The third-order valence-electron chi connectivity index (χ3n) is 13.6. The van der Waals surface area contributed by atoms with Gasteiger partial charge in [-0.1, -0.05) is 252 Å². The van der Waals surface area contributed by atoms with Crippen molar-refractivity contribution in [2.24, 2.45) is 0 Å². The average Bonchev–Trinajstić information content (AvgIpc) is 3.39. The van der Waals surface area contributed by atoms with Gasteiger partial charge in [-0.3, -0.25) is 4.79 Å². The van der Waals surface area contributed by atoms with E-state index >= 15 is 0 Å². The van der Waals surface area contributed by atoms with Gasteiger partial charge in [-0.15, -0.1) is 0 Å². The van der Waals surface area contributed by atoms with Crippen LogP contribution in [0.2, 0.25) is 0 Å². The summed E-state index contributed by atoms with van der Waals surface area (Å²) in [6.45, 7) is 3.61. The number of carbonyl (C=O) groups excluding carboxylic acids is 1. The second-order valence-corrected chi connectivity index (χ2v) is 20.4. The molecule has 73 heavy (non-hydrogen) atoms. The summed E-state index contributed by atoms with van der Waals surface area (Å²) in [5.41, 5.74) is 0. The summed E-state index contributed by atoms with van der Waals surface area (Å²) in [5, 5.41) is 54.4. The predicted molar refractivity (Wildman–Crippen MR) is 308 cm³/mol. The van der Waals surface area contributed by atoms with Gasteiger partial charge in [0.1, 0.15) is 24.4 Å². The second kappa shape index (κ2) is 52.5. The maximum atomic E-state index is 13.0. The first-order valence-corrected chi connectivity index (χ1v) is 30.0. The van der Waals surface area contributed by atoms with E-state index in [1.54, 1.807) is 6.08 Å². The van der Waals surface area contributed by atoms with Gasteiger partial charge in [0.05, 0.1) is 25.4 Å². The van der Waals surface area contributed by atoms with Gasteiger partial charge in [0, 0.05) is 6.42 Å². The Bertz CT molecular complexity index is 1460. The maximum Gasteiger partial charge on any atom is 0.220 e. The van der Waals surface area contributed by atoms with Gasteiger partial charge >= 0.3 is 0 Å². The van der Waals surface area contributed by atoms with Crippen molar-refractivity contribution < 1.29 is 39.8 Å². The van der Waals surface area contributed by atoms with Crippen LogP contribution in [0, 0.1) is 0 Å². The number of aliphatic hydroxyl groups is 5. The van der Waals surface area contributed by atoms with E-state index in [0.717, 1.165) is 64.2 Å². The van der Waals surface area contributed by atoms with Gasteiger partial charge in [-0.2, -0.15) is 0 Å². The molecule has 0 aliphatic carbocycles. The molecule has 0 spiro atoms. The normalized spacial score (nSPS) is 19.8. The van der Waals surface area contributed by atoms with Gasteiger partial charge in [-0.25, -0.2) is 0 Å². The zero-order valence-electron chi connectivity index (χ0n) is 46.6. The van der Waals surface area contributed by atoms with Crippen molar-refractivity contribution >= 4 is 5.91 Å². The highest BCUT2D eigenvalue weighted by atomic mass is 16.7. The molecule has 0 bridgehead atoms. The summed E-state index contributed by atoms with van der Waals surface area (Å²) in [5.74, 6) is -0.250. The molecule has 1 rings (SSSR count). The van der Waals surface area contributed by atoms with Crippen LogP contribution in [0.25, 0.3) is 0 Å².